The maximum Gasteiger partial charge on any atom is 0.248 e. The smallest absolute Gasteiger partial charge is 0.248 e. The molecule has 1 aromatic carbocycles. The van der Waals surface area contributed by atoms with Gasteiger partial charge in [-0.3, -0.25) is 4.79 Å². The molecule has 1 aliphatic rings. The third-order valence-corrected chi connectivity index (χ3v) is 5.77. The van der Waals surface area contributed by atoms with Crippen LogP contribution in [0.5, 0.6) is 0 Å². The molecule has 1 aromatic heterocycles. The average Bonchev–Trinajstić information content (AvgIpc) is 3.11. The average molecular weight is 331 g/mol. The summed E-state index contributed by atoms with van der Waals surface area (Å²) in [5.41, 5.74) is 1.30. The Morgan fingerprint density at radius 2 is 2.17 bits per heavy atom. The number of ether oxygens (including phenoxy) is 1. The van der Waals surface area contributed by atoms with Gasteiger partial charge in [-0.15, -0.1) is 11.3 Å². The number of amides is 1. The van der Waals surface area contributed by atoms with Crippen LogP contribution >= 0.6 is 11.3 Å². The molecule has 4 heteroatoms. The second-order valence-corrected chi connectivity index (χ2v) is 7.48. The maximum atomic E-state index is 12.5. The number of nitrogens with zero attached hydrogens (tertiary/aromatic N) is 1. The number of fused-ring (bicyclic) bond motifs is 1. The Hall–Kier alpha value is -1.39. The minimum Gasteiger partial charge on any atom is -0.372 e. The first-order valence-corrected chi connectivity index (χ1v) is 9.31. The zero-order chi connectivity index (χ0) is 16.4. The van der Waals surface area contributed by atoms with E-state index in [1.807, 2.05) is 11.9 Å². The third kappa shape index (κ3) is 3.43. The van der Waals surface area contributed by atoms with Crippen molar-refractivity contribution in [3.8, 4) is 0 Å². The summed E-state index contributed by atoms with van der Waals surface area (Å²) in [5.74, 6) is 1.33. The van der Waals surface area contributed by atoms with E-state index in [1.165, 1.54) is 22.1 Å². The van der Waals surface area contributed by atoms with Crippen molar-refractivity contribution in [2.24, 2.45) is 11.8 Å². The number of rotatable bonds is 7. The highest BCUT2D eigenvalue weighted by atomic mass is 32.1. The topological polar surface area (TPSA) is 29.5 Å². The minimum absolute atomic E-state index is 0.0813. The highest BCUT2D eigenvalue weighted by Gasteiger charge is 2.44. The first-order chi connectivity index (χ1) is 11.1. The van der Waals surface area contributed by atoms with Gasteiger partial charge >= 0.3 is 0 Å². The Labute approximate surface area is 142 Å². The van der Waals surface area contributed by atoms with E-state index in [1.54, 1.807) is 11.3 Å². The summed E-state index contributed by atoms with van der Waals surface area (Å²) < 4.78 is 6.75. The molecule has 23 heavy (non-hydrogen) atoms. The second-order valence-electron chi connectivity index (χ2n) is 6.57. The highest BCUT2D eigenvalue weighted by molar-refractivity contribution is 7.17. The molecule has 0 saturated heterocycles. The lowest BCUT2D eigenvalue weighted by molar-refractivity contribution is -0.137. The predicted molar refractivity (Wildman–Crippen MR) is 95.7 cm³/mol. The first kappa shape index (κ1) is 16.5. The van der Waals surface area contributed by atoms with Crippen LogP contribution in [0.4, 0.5) is 0 Å². The molecule has 3 nitrogen and oxygen atoms in total. The van der Waals surface area contributed by atoms with Crippen molar-refractivity contribution in [1.29, 1.82) is 0 Å². The molecule has 1 fully saturated rings. The van der Waals surface area contributed by atoms with Crippen LogP contribution in [0.25, 0.3) is 10.1 Å². The Balaban J connectivity index is 1.85. The number of hydrogen-bond donors (Lipinski definition) is 0. The molecule has 1 aliphatic carbocycles. The SMILES string of the molecule is CCCOCC(=O)N(C)[C@H](c1csc2ccccc12)[C@H]1C[C@H]1C. The van der Waals surface area contributed by atoms with Gasteiger partial charge in [-0.1, -0.05) is 32.0 Å². The van der Waals surface area contributed by atoms with Gasteiger partial charge in [0.15, 0.2) is 0 Å². The maximum absolute atomic E-state index is 12.5. The lowest BCUT2D eigenvalue weighted by atomic mass is 9.99. The molecule has 0 unspecified atom stereocenters. The number of hydrogen-bond acceptors (Lipinski definition) is 3. The van der Waals surface area contributed by atoms with Gasteiger partial charge in [0.05, 0.1) is 6.04 Å². The summed E-state index contributed by atoms with van der Waals surface area (Å²) in [6, 6.07) is 8.65. The molecule has 1 saturated carbocycles. The lowest BCUT2D eigenvalue weighted by Gasteiger charge is -2.29. The Bertz CT molecular complexity index is 681. The highest BCUT2D eigenvalue weighted by Crippen LogP contribution is 2.51. The summed E-state index contributed by atoms with van der Waals surface area (Å²) in [4.78, 5) is 14.4. The molecule has 2 aromatic rings. The van der Waals surface area contributed by atoms with Crippen LogP contribution in [0.15, 0.2) is 29.6 Å². The summed E-state index contributed by atoms with van der Waals surface area (Å²) in [5, 5.41) is 3.52. The van der Waals surface area contributed by atoms with Crippen molar-refractivity contribution in [2.45, 2.75) is 32.7 Å². The monoisotopic (exact) mass is 331 g/mol. The summed E-state index contributed by atoms with van der Waals surface area (Å²) in [6.07, 6.45) is 2.14. The van der Waals surface area contributed by atoms with Crippen LogP contribution in [-0.2, 0) is 9.53 Å². The van der Waals surface area contributed by atoms with E-state index in [0.29, 0.717) is 18.4 Å². The fourth-order valence-electron chi connectivity index (χ4n) is 3.31. The quantitative estimate of drug-likeness (QED) is 0.700. The number of likely N-dealkylation sites (N-methyl/N-ethyl adjacent to an activating group) is 1. The normalized spacial score (nSPS) is 21.3. The second kappa shape index (κ2) is 7.02. The van der Waals surface area contributed by atoms with Crippen molar-refractivity contribution < 1.29 is 9.53 Å². The van der Waals surface area contributed by atoms with E-state index in [-0.39, 0.29) is 18.6 Å². The Morgan fingerprint density at radius 3 is 2.87 bits per heavy atom. The zero-order valence-electron chi connectivity index (χ0n) is 14.1. The van der Waals surface area contributed by atoms with Gasteiger partial charge < -0.3 is 9.64 Å². The van der Waals surface area contributed by atoms with Crippen molar-refractivity contribution in [1.82, 2.24) is 4.90 Å². The van der Waals surface area contributed by atoms with E-state index in [4.69, 9.17) is 4.74 Å². The summed E-state index contributed by atoms with van der Waals surface area (Å²) in [7, 11) is 1.93. The van der Waals surface area contributed by atoms with Gasteiger partial charge in [-0.25, -0.2) is 0 Å². The molecule has 0 aliphatic heterocycles. The van der Waals surface area contributed by atoms with Crippen LogP contribution in [0, 0.1) is 11.8 Å². The molecule has 1 amide bonds. The van der Waals surface area contributed by atoms with E-state index in [2.05, 4.69) is 43.5 Å². The summed E-state index contributed by atoms with van der Waals surface area (Å²) in [6.45, 7) is 5.16. The van der Waals surface area contributed by atoms with Gasteiger partial charge in [0, 0.05) is 18.4 Å². The van der Waals surface area contributed by atoms with E-state index >= 15 is 0 Å². The number of carbonyl (C=O) groups is 1. The molecule has 124 valence electrons. The van der Waals surface area contributed by atoms with Gasteiger partial charge in [0.2, 0.25) is 5.91 Å². The van der Waals surface area contributed by atoms with Gasteiger partial charge in [0.1, 0.15) is 6.61 Å². The van der Waals surface area contributed by atoms with Crippen LogP contribution in [0.1, 0.15) is 38.3 Å². The standard InChI is InChI=1S/C19H25NO2S/c1-4-9-22-11-18(21)20(3)19(15-10-13(15)2)16-12-23-17-8-6-5-7-14(16)17/h5-8,12-13,15,19H,4,9-11H2,1-3H3/t13-,15+,19+/m1/s1. The number of benzene rings is 1. The van der Waals surface area contributed by atoms with E-state index in [0.717, 1.165) is 6.42 Å². The minimum atomic E-state index is 0.0813. The van der Waals surface area contributed by atoms with Crippen LogP contribution in [0.3, 0.4) is 0 Å². The third-order valence-electron chi connectivity index (χ3n) is 4.79. The molecular weight excluding hydrogens is 306 g/mol. The van der Waals surface area contributed by atoms with Crippen molar-refractivity contribution >= 4 is 27.3 Å². The first-order valence-electron chi connectivity index (χ1n) is 8.43. The van der Waals surface area contributed by atoms with Crippen LogP contribution in [0.2, 0.25) is 0 Å². The fourth-order valence-corrected chi connectivity index (χ4v) is 4.30. The Morgan fingerprint density at radius 1 is 1.43 bits per heavy atom. The molecule has 0 N–H and O–H groups in total. The number of thiophene rings is 1. The largest absolute Gasteiger partial charge is 0.372 e. The molecule has 3 atom stereocenters. The fraction of sp³-hybridized carbons (Fsp3) is 0.526. The van der Waals surface area contributed by atoms with Crippen molar-refractivity contribution in [3.05, 3.63) is 35.2 Å². The van der Waals surface area contributed by atoms with E-state index < -0.39 is 0 Å². The van der Waals surface area contributed by atoms with Gasteiger partial charge in [-0.2, -0.15) is 0 Å². The predicted octanol–water partition coefficient (Wildman–Crippen LogP) is 4.48. The number of carbonyl (C=O) groups excluding carboxylic acids is 1. The van der Waals surface area contributed by atoms with Gasteiger partial charge in [-0.05, 0) is 47.1 Å². The molecule has 0 radical (unpaired) electrons. The van der Waals surface area contributed by atoms with E-state index in [9.17, 15) is 4.79 Å². The van der Waals surface area contributed by atoms with Crippen molar-refractivity contribution in [2.75, 3.05) is 20.3 Å². The summed E-state index contributed by atoms with van der Waals surface area (Å²) >= 11 is 1.77. The Kier molecular flexibility index (Phi) is 5.02. The van der Waals surface area contributed by atoms with Crippen LogP contribution in [-0.4, -0.2) is 31.1 Å². The molecule has 1 heterocycles. The molecule has 0 spiro atoms. The molecule has 0 bridgehead atoms. The lowest BCUT2D eigenvalue weighted by Crippen LogP contribution is -2.35. The molecule has 3 rings (SSSR count). The van der Waals surface area contributed by atoms with Crippen molar-refractivity contribution in [3.63, 3.8) is 0 Å². The molecular formula is C19H25NO2S. The zero-order valence-corrected chi connectivity index (χ0v) is 14.9. The van der Waals surface area contributed by atoms with Gasteiger partial charge in [0.25, 0.3) is 0 Å². The van der Waals surface area contributed by atoms with Crippen LogP contribution < -0.4 is 0 Å².